The van der Waals surface area contributed by atoms with E-state index in [1.54, 1.807) is 6.08 Å². The van der Waals surface area contributed by atoms with Gasteiger partial charge in [-0.15, -0.1) is 0 Å². The number of allylic oxidation sites excluding steroid dienone is 7. The fourth-order valence-corrected chi connectivity index (χ4v) is 2.87. The Bertz CT molecular complexity index is 911. The first-order chi connectivity index (χ1) is 11.5. The second-order valence-electron chi connectivity index (χ2n) is 5.88. The number of para-hydroxylation sites is 1. The Labute approximate surface area is 141 Å². The topological polar surface area (TPSA) is 16.4 Å². The van der Waals surface area contributed by atoms with E-state index in [1.807, 2.05) is 24.1 Å². The zero-order chi connectivity index (χ0) is 17.3. The molecule has 2 nitrogen and oxygen atoms in total. The van der Waals surface area contributed by atoms with Gasteiger partial charge in [0.25, 0.3) is 0 Å². The number of benzene rings is 1. The van der Waals surface area contributed by atoms with Crippen LogP contribution in [0.3, 0.4) is 0 Å². The third kappa shape index (κ3) is 2.85. The number of anilines is 1. The lowest BCUT2D eigenvalue weighted by atomic mass is 10.0. The molecule has 2 aromatic rings. The van der Waals surface area contributed by atoms with Crippen LogP contribution in [0.1, 0.15) is 18.2 Å². The third-order valence-electron chi connectivity index (χ3n) is 4.21. The van der Waals surface area contributed by atoms with Crippen LogP contribution in [-0.2, 0) is 6.42 Å². The van der Waals surface area contributed by atoms with E-state index in [0.717, 1.165) is 34.4 Å². The second kappa shape index (κ2) is 6.36. The van der Waals surface area contributed by atoms with Crippen LogP contribution in [0.25, 0.3) is 16.5 Å². The minimum absolute atomic E-state index is 0.500. The molecule has 0 saturated heterocycles. The lowest BCUT2D eigenvalue weighted by molar-refractivity contribution is 0.595. The Kier molecular flexibility index (Phi) is 4.26. The summed E-state index contributed by atoms with van der Waals surface area (Å²) < 4.78 is 19.0. The first-order valence-corrected chi connectivity index (χ1v) is 7.82. The van der Waals surface area contributed by atoms with Crippen molar-refractivity contribution in [3.8, 4) is 0 Å². The molecule has 1 aliphatic rings. The van der Waals surface area contributed by atoms with Gasteiger partial charge in [0.1, 0.15) is 11.6 Å². The summed E-state index contributed by atoms with van der Waals surface area (Å²) in [4.78, 5) is 1.89. The Morgan fingerprint density at radius 2 is 2.08 bits per heavy atom. The molecule has 0 atom stereocenters. The highest BCUT2D eigenvalue weighted by molar-refractivity contribution is 5.96. The van der Waals surface area contributed by atoms with Gasteiger partial charge >= 0.3 is 0 Å². The summed E-state index contributed by atoms with van der Waals surface area (Å²) in [6.45, 7) is 9.27. The molecule has 0 aliphatic heterocycles. The maximum atomic E-state index is 12.8. The van der Waals surface area contributed by atoms with Crippen LogP contribution < -0.4 is 4.90 Å². The standard InChI is InChI=1S/C21H20FNO/c1-14-8-5-6-9-17-18-10-7-11-19(21(18)24-20(14)17)23(4)16(3)13-12-15(2)22/h5-8,10-13H,2-3,9H2,1,4H3/b13-12-. The summed E-state index contributed by atoms with van der Waals surface area (Å²) in [5.74, 6) is 0.425. The Morgan fingerprint density at radius 3 is 2.83 bits per heavy atom. The second-order valence-corrected chi connectivity index (χ2v) is 5.88. The van der Waals surface area contributed by atoms with E-state index in [0.29, 0.717) is 5.70 Å². The predicted octanol–water partition coefficient (Wildman–Crippen LogP) is 5.94. The molecule has 1 aromatic heterocycles. The van der Waals surface area contributed by atoms with E-state index in [4.69, 9.17) is 4.42 Å². The van der Waals surface area contributed by atoms with Gasteiger partial charge in [0.15, 0.2) is 5.58 Å². The number of rotatable bonds is 4. The predicted molar refractivity (Wildman–Crippen MR) is 99.6 cm³/mol. The minimum atomic E-state index is -0.500. The monoisotopic (exact) mass is 321 g/mol. The normalized spacial score (nSPS) is 13.7. The summed E-state index contributed by atoms with van der Waals surface area (Å²) in [6, 6.07) is 6.05. The summed E-state index contributed by atoms with van der Waals surface area (Å²) in [6.07, 6.45) is 9.99. The van der Waals surface area contributed by atoms with Crippen molar-refractivity contribution in [3.05, 3.63) is 84.6 Å². The number of hydrogen-bond acceptors (Lipinski definition) is 2. The molecule has 0 saturated carbocycles. The van der Waals surface area contributed by atoms with Gasteiger partial charge in [-0.25, -0.2) is 4.39 Å². The molecule has 3 rings (SSSR count). The lowest BCUT2D eigenvalue weighted by Gasteiger charge is -2.19. The Hall–Kier alpha value is -2.81. The smallest absolute Gasteiger partial charge is 0.158 e. The quantitative estimate of drug-likeness (QED) is 0.648. The molecule has 122 valence electrons. The van der Waals surface area contributed by atoms with Gasteiger partial charge in [-0.1, -0.05) is 43.5 Å². The summed E-state index contributed by atoms with van der Waals surface area (Å²) in [5, 5.41) is 1.10. The average Bonchev–Trinajstić information content (AvgIpc) is 2.84. The number of furan rings is 1. The van der Waals surface area contributed by atoms with Gasteiger partial charge in [-0.2, -0.15) is 0 Å². The maximum Gasteiger partial charge on any atom is 0.158 e. The molecule has 1 heterocycles. The fourth-order valence-electron chi connectivity index (χ4n) is 2.87. The molecule has 24 heavy (non-hydrogen) atoms. The molecule has 0 radical (unpaired) electrons. The van der Waals surface area contributed by atoms with Gasteiger partial charge in [0.2, 0.25) is 0 Å². The Balaban J connectivity index is 2.09. The molecular formula is C21H20FNO. The largest absolute Gasteiger partial charge is 0.454 e. The van der Waals surface area contributed by atoms with Crippen LogP contribution in [0.4, 0.5) is 10.1 Å². The molecule has 1 aromatic carbocycles. The number of halogens is 1. The van der Waals surface area contributed by atoms with Gasteiger partial charge in [-0.05, 0) is 37.1 Å². The molecule has 0 N–H and O–H groups in total. The fraction of sp³-hybridized carbons (Fsp3) is 0.143. The first kappa shape index (κ1) is 16.1. The van der Waals surface area contributed by atoms with E-state index < -0.39 is 5.83 Å². The molecule has 0 bridgehead atoms. The van der Waals surface area contributed by atoms with Crippen molar-refractivity contribution < 1.29 is 8.81 Å². The van der Waals surface area contributed by atoms with Crippen LogP contribution in [0.2, 0.25) is 0 Å². The van der Waals surface area contributed by atoms with E-state index in [2.05, 4.69) is 44.4 Å². The van der Waals surface area contributed by atoms with Crippen LogP contribution in [0.5, 0.6) is 0 Å². The van der Waals surface area contributed by atoms with Gasteiger partial charge in [-0.3, -0.25) is 0 Å². The Morgan fingerprint density at radius 1 is 1.29 bits per heavy atom. The zero-order valence-electron chi connectivity index (χ0n) is 14.0. The van der Waals surface area contributed by atoms with Crippen molar-refractivity contribution in [1.29, 1.82) is 0 Å². The molecule has 0 unspecified atom stereocenters. The van der Waals surface area contributed by atoms with Gasteiger partial charge in [0, 0.05) is 23.7 Å². The van der Waals surface area contributed by atoms with Gasteiger partial charge < -0.3 is 9.32 Å². The highest BCUT2D eigenvalue weighted by atomic mass is 19.1. The SMILES string of the molecule is C=C(F)/C=C\C(=C)N(C)c1cccc2c3c(oc12)C(C)=CC=CC3. The van der Waals surface area contributed by atoms with Crippen molar-refractivity contribution in [3.63, 3.8) is 0 Å². The van der Waals surface area contributed by atoms with Crippen LogP contribution in [-0.4, -0.2) is 7.05 Å². The molecule has 3 heteroatoms. The van der Waals surface area contributed by atoms with Crippen molar-refractivity contribution in [2.45, 2.75) is 13.3 Å². The maximum absolute atomic E-state index is 12.8. The van der Waals surface area contributed by atoms with Crippen molar-refractivity contribution in [1.82, 2.24) is 0 Å². The molecule has 0 amide bonds. The average molecular weight is 321 g/mol. The van der Waals surface area contributed by atoms with Gasteiger partial charge in [0.05, 0.1) is 5.69 Å². The number of likely N-dealkylation sites (N-methyl/N-ethyl adjacent to an activating group) is 1. The summed E-state index contributed by atoms with van der Waals surface area (Å²) in [7, 11) is 1.89. The first-order valence-electron chi connectivity index (χ1n) is 7.82. The van der Waals surface area contributed by atoms with Crippen LogP contribution in [0, 0.1) is 0 Å². The van der Waals surface area contributed by atoms with E-state index in [9.17, 15) is 4.39 Å². The highest BCUT2D eigenvalue weighted by Crippen LogP contribution is 2.38. The third-order valence-corrected chi connectivity index (χ3v) is 4.21. The van der Waals surface area contributed by atoms with E-state index in [1.165, 1.54) is 11.6 Å². The lowest BCUT2D eigenvalue weighted by Crippen LogP contribution is -2.14. The molecule has 0 fully saturated rings. The summed E-state index contributed by atoms with van der Waals surface area (Å²) >= 11 is 0. The zero-order valence-corrected chi connectivity index (χ0v) is 14.0. The molecule has 0 spiro atoms. The summed E-state index contributed by atoms with van der Waals surface area (Å²) in [5.41, 5.74) is 4.68. The number of hydrogen-bond donors (Lipinski definition) is 0. The van der Waals surface area contributed by atoms with Crippen LogP contribution in [0.15, 0.2) is 77.7 Å². The van der Waals surface area contributed by atoms with E-state index in [-0.39, 0.29) is 0 Å². The molecular weight excluding hydrogens is 301 g/mol. The molecule has 1 aliphatic carbocycles. The minimum Gasteiger partial charge on any atom is -0.454 e. The number of nitrogens with zero attached hydrogens (tertiary/aromatic N) is 1. The highest BCUT2D eigenvalue weighted by Gasteiger charge is 2.19. The van der Waals surface area contributed by atoms with Crippen LogP contribution >= 0.6 is 0 Å². The number of fused-ring (bicyclic) bond motifs is 3. The van der Waals surface area contributed by atoms with Crippen molar-refractivity contribution >= 4 is 22.2 Å². The van der Waals surface area contributed by atoms with E-state index >= 15 is 0 Å². The van der Waals surface area contributed by atoms with Crippen molar-refractivity contribution in [2.24, 2.45) is 0 Å². The van der Waals surface area contributed by atoms with Crippen molar-refractivity contribution in [2.75, 3.05) is 11.9 Å².